The van der Waals surface area contributed by atoms with Gasteiger partial charge in [0.2, 0.25) is 0 Å². The molecule has 0 unspecified atom stereocenters. The first-order valence-corrected chi connectivity index (χ1v) is 14.4. The summed E-state index contributed by atoms with van der Waals surface area (Å²) < 4.78 is 27.6. The van der Waals surface area contributed by atoms with Gasteiger partial charge in [-0.3, -0.25) is 9.48 Å². The van der Waals surface area contributed by atoms with Crippen molar-refractivity contribution in [2.24, 2.45) is 0 Å². The minimum absolute atomic E-state index is 0.0320. The van der Waals surface area contributed by atoms with E-state index in [1.807, 2.05) is 18.2 Å². The van der Waals surface area contributed by atoms with E-state index in [0.29, 0.717) is 48.5 Å². The number of nitriles is 1. The summed E-state index contributed by atoms with van der Waals surface area (Å²) >= 11 is 0. The average molecular weight is 558 g/mol. The van der Waals surface area contributed by atoms with Crippen LogP contribution < -0.4 is 4.90 Å². The van der Waals surface area contributed by atoms with Gasteiger partial charge < -0.3 is 9.80 Å². The van der Waals surface area contributed by atoms with E-state index in [9.17, 15) is 18.5 Å². The number of pyridine rings is 2. The van der Waals surface area contributed by atoms with Crippen LogP contribution in [0.2, 0.25) is 0 Å². The summed E-state index contributed by atoms with van der Waals surface area (Å²) in [5.74, 6) is 2.60. The van der Waals surface area contributed by atoms with Gasteiger partial charge in [-0.1, -0.05) is 5.21 Å². The van der Waals surface area contributed by atoms with Gasteiger partial charge in [-0.05, 0) is 38.0 Å². The normalized spacial score (nSPS) is 13.9. The number of nitrogens with zero attached hydrogens (tertiary/aromatic N) is 9. The van der Waals surface area contributed by atoms with Gasteiger partial charge in [0, 0.05) is 55.3 Å². The van der Waals surface area contributed by atoms with Crippen LogP contribution in [0, 0.1) is 23.7 Å². The second kappa shape index (κ2) is 10.8. The summed E-state index contributed by atoms with van der Waals surface area (Å²) in [5.41, 5.74) is 3.82. The molecule has 1 saturated heterocycles. The van der Waals surface area contributed by atoms with Crippen molar-refractivity contribution in [3.63, 3.8) is 0 Å². The van der Waals surface area contributed by atoms with Crippen molar-refractivity contribution >= 4 is 27.1 Å². The predicted octanol–water partition coefficient (Wildman–Crippen LogP) is 1.63. The summed E-state index contributed by atoms with van der Waals surface area (Å²) in [4.78, 5) is 20.2. The fraction of sp³-hybridized carbons (Fsp3) is 0.333. The third kappa shape index (κ3) is 5.24. The second-order valence-electron chi connectivity index (χ2n) is 9.72. The Morgan fingerprint density at radius 1 is 1.12 bits per heavy atom. The maximum Gasteiger partial charge on any atom is 0.298 e. The Morgan fingerprint density at radius 3 is 2.55 bits per heavy atom. The lowest BCUT2D eigenvalue weighted by Crippen LogP contribution is -2.48. The Morgan fingerprint density at radius 2 is 1.90 bits per heavy atom. The van der Waals surface area contributed by atoms with Gasteiger partial charge in [0.15, 0.2) is 9.84 Å². The maximum absolute atomic E-state index is 12.2. The van der Waals surface area contributed by atoms with Crippen LogP contribution in [0.3, 0.4) is 0 Å². The number of fused-ring (bicyclic) bond motifs is 1. The molecule has 0 saturated carbocycles. The molecule has 1 aliphatic rings. The number of aryl methyl sites for hydroxylation is 1. The number of amides is 1. The van der Waals surface area contributed by atoms with Crippen molar-refractivity contribution in [3.05, 3.63) is 48.5 Å². The molecule has 12 nitrogen and oxygen atoms in total. The van der Waals surface area contributed by atoms with E-state index in [0.717, 1.165) is 16.9 Å². The molecule has 13 heteroatoms. The van der Waals surface area contributed by atoms with Crippen LogP contribution >= 0.6 is 0 Å². The lowest BCUT2D eigenvalue weighted by atomic mass is 10.0. The van der Waals surface area contributed by atoms with Crippen LogP contribution in [0.1, 0.15) is 19.4 Å². The van der Waals surface area contributed by atoms with Crippen LogP contribution in [0.4, 0.5) is 5.82 Å². The van der Waals surface area contributed by atoms with Crippen molar-refractivity contribution in [3.8, 4) is 40.8 Å². The molecule has 0 aliphatic carbocycles. The highest BCUT2D eigenvalue weighted by molar-refractivity contribution is 7.91. The predicted molar refractivity (Wildman–Crippen MR) is 149 cm³/mol. The maximum atomic E-state index is 12.2. The molecule has 1 aliphatic heterocycles. The van der Waals surface area contributed by atoms with Gasteiger partial charge in [-0.25, -0.2) is 17.9 Å². The Kier molecular flexibility index (Phi) is 7.24. The highest BCUT2D eigenvalue weighted by atomic mass is 32.2. The lowest BCUT2D eigenvalue weighted by molar-refractivity contribution is -0.125. The topological polar surface area (TPSA) is 142 Å². The third-order valence-corrected chi connectivity index (χ3v) is 9.15. The molecule has 4 aromatic rings. The SMILES string of the molecule is C#CC(=O)N1CCN(c2ccc(-c3cc(-c4cn(CCS(=O)(=O)C(C)C)nn4)cn4ncc(C#N)c34)cn2)CC1. The molecule has 5 heterocycles. The standard InChI is InChI=1S/C27H27N9O3S/c1-4-26(37)34-9-7-33(8-10-34)25-6-5-20(15-29-25)23-13-21(17-36-27(23)22(14-28)16-30-36)24-18-35(32-31-24)11-12-40(38,39)19(2)3/h1,5-6,13,15-19H,7-12H2,2-3H3. The summed E-state index contributed by atoms with van der Waals surface area (Å²) in [7, 11) is -3.21. The number of hydrogen-bond acceptors (Lipinski definition) is 9. The van der Waals surface area contributed by atoms with Gasteiger partial charge in [0.25, 0.3) is 5.91 Å². The van der Waals surface area contributed by atoms with E-state index in [1.165, 1.54) is 10.9 Å². The zero-order valence-electron chi connectivity index (χ0n) is 22.1. The molecule has 0 bridgehead atoms. The average Bonchev–Trinajstić information content (AvgIpc) is 3.62. The van der Waals surface area contributed by atoms with E-state index in [1.54, 1.807) is 41.9 Å². The highest BCUT2D eigenvalue weighted by Crippen LogP contribution is 2.32. The molecule has 0 N–H and O–H groups in total. The second-order valence-corrected chi connectivity index (χ2v) is 12.4. The first kappa shape index (κ1) is 26.8. The molecule has 5 rings (SSSR count). The first-order valence-electron chi connectivity index (χ1n) is 12.7. The van der Waals surface area contributed by atoms with Gasteiger partial charge in [-0.15, -0.1) is 11.5 Å². The minimum atomic E-state index is -3.21. The van der Waals surface area contributed by atoms with Crippen LogP contribution in [0.5, 0.6) is 0 Å². The zero-order chi connectivity index (χ0) is 28.4. The fourth-order valence-electron chi connectivity index (χ4n) is 4.52. The molecule has 0 atom stereocenters. The van der Waals surface area contributed by atoms with E-state index in [4.69, 9.17) is 6.42 Å². The van der Waals surface area contributed by atoms with Crippen molar-refractivity contribution in [2.75, 3.05) is 36.8 Å². The number of carbonyl (C=O) groups is 1. The van der Waals surface area contributed by atoms with Crippen molar-refractivity contribution in [2.45, 2.75) is 25.6 Å². The molecular weight excluding hydrogens is 530 g/mol. The third-order valence-electron chi connectivity index (χ3n) is 6.96. The van der Waals surface area contributed by atoms with Crippen LogP contribution in [-0.2, 0) is 21.2 Å². The van der Waals surface area contributed by atoms with Crippen LogP contribution in [0.15, 0.2) is 43.0 Å². The molecule has 0 radical (unpaired) electrons. The number of sulfone groups is 1. The lowest BCUT2D eigenvalue weighted by Gasteiger charge is -2.34. The van der Waals surface area contributed by atoms with E-state index >= 15 is 0 Å². The molecule has 0 spiro atoms. The number of carbonyl (C=O) groups excluding carboxylic acids is 1. The molecule has 204 valence electrons. The molecular formula is C27H27N9O3S. The summed E-state index contributed by atoms with van der Waals surface area (Å²) in [6.45, 7) is 5.80. The van der Waals surface area contributed by atoms with Gasteiger partial charge in [0.05, 0.1) is 41.0 Å². The van der Waals surface area contributed by atoms with Gasteiger partial charge >= 0.3 is 0 Å². The molecule has 40 heavy (non-hydrogen) atoms. The molecule has 0 aromatic carbocycles. The Balaban J connectivity index is 1.43. The monoisotopic (exact) mass is 557 g/mol. The number of aromatic nitrogens is 6. The van der Waals surface area contributed by atoms with E-state index in [-0.39, 0.29) is 18.2 Å². The smallest absolute Gasteiger partial charge is 0.298 e. The van der Waals surface area contributed by atoms with Gasteiger partial charge in [-0.2, -0.15) is 10.4 Å². The number of terminal acetylenes is 1. The van der Waals surface area contributed by atoms with E-state index in [2.05, 4.69) is 37.3 Å². The number of anilines is 1. The first-order chi connectivity index (χ1) is 19.2. The van der Waals surface area contributed by atoms with E-state index < -0.39 is 15.1 Å². The molecule has 1 fully saturated rings. The zero-order valence-corrected chi connectivity index (χ0v) is 22.9. The Labute approximate surface area is 231 Å². The summed E-state index contributed by atoms with van der Waals surface area (Å²) in [6, 6.07) is 7.94. The van der Waals surface area contributed by atoms with Crippen LogP contribution in [-0.4, -0.2) is 86.0 Å². The van der Waals surface area contributed by atoms with Gasteiger partial charge in [0.1, 0.15) is 17.6 Å². The minimum Gasteiger partial charge on any atom is -0.353 e. The number of piperazine rings is 1. The Hall–Kier alpha value is -4.75. The summed E-state index contributed by atoms with van der Waals surface area (Å²) in [5, 5.41) is 22.0. The van der Waals surface area contributed by atoms with Crippen LogP contribution in [0.25, 0.3) is 27.9 Å². The van der Waals surface area contributed by atoms with Crippen molar-refractivity contribution < 1.29 is 13.2 Å². The molecule has 4 aromatic heterocycles. The fourth-order valence-corrected chi connectivity index (χ4v) is 5.44. The quantitative estimate of drug-likeness (QED) is 0.310. The highest BCUT2D eigenvalue weighted by Gasteiger charge is 2.22. The Bertz CT molecular complexity index is 1750. The van der Waals surface area contributed by atoms with Crippen molar-refractivity contribution in [1.82, 2.24) is 34.5 Å². The number of rotatable bonds is 7. The number of hydrogen-bond donors (Lipinski definition) is 0. The molecule has 1 amide bonds. The largest absolute Gasteiger partial charge is 0.353 e. The summed E-state index contributed by atoms with van der Waals surface area (Å²) in [6.07, 6.45) is 11.9. The van der Waals surface area contributed by atoms with Crippen molar-refractivity contribution in [1.29, 1.82) is 5.26 Å².